The Morgan fingerprint density at radius 3 is 2.28 bits per heavy atom. The topological polar surface area (TPSA) is 73.6 Å². The molecule has 0 aromatic heterocycles. The summed E-state index contributed by atoms with van der Waals surface area (Å²) in [7, 11) is 0. The van der Waals surface area contributed by atoms with Crippen LogP contribution in [0.15, 0.2) is 42.5 Å². The summed E-state index contributed by atoms with van der Waals surface area (Å²) < 4.78 is 48.6. The molecule has 0 spiro atoms. The van der Waals surface area contributed by atoms with Crippen molar-refractivity contribution in [3.8, 4) is 17.2 Å². The molecule has 1 atom stereocenters. The lowest BCUT2D eigenvalue weighted by Gasteiger charge is -2.14. The molecule has 0 bridgehead atoms. The summed E-state index contributed by atoms with van der Waals surface area (Å²) in [6.45, 7) is 1.52. The SMILES string of the molecule is CC(Oc1ccc(Oc2ccc(C(F)(F)F)cc2Cl)cc1)C(=O)NN. The number of halogens is 4. The molecule has 0 fully saturated rings. The number of alkyl halides is 3. The number of nitrogens with two attached hydrogens (primary N) is 1. The second-order valence-corrected chi connectivity index (χ2v) is 5.39. The quantitative estimate of drug-likeness (QED) is 0.473. The molecule has 0 saturated heterocycles. The third kappa shape index (κ3) is 5.01. The van der Waals surface area contributed by atoms with Crippen LogP contribution in [-0.4, -0.2) is 12.0 Å². The Kier molecular flexibility index (Phi) is 5.76. The first-order valence-corrected chi connectivity index (χ1v) is 7.40. The Bertz CT molecular complexity index is 751. The summed E-state index contributed by atoms with van der Waals surface area (Å²) in [5, 5.41) is -0.164. The van der Waals surface area contributed by atoms with Crippen LogP contribution in [0.2, 0.25) is 5.02 Å². The standard InChI is InChI=1S/C16H14ClF3N2O3/c1-9(15(23)22-21)24-11-3-5-12(6-4-11)25-14-7-2-10(8-13(14)17)16(18,19)20/h2-9H,21H2,1H3,(H,22,23). The molecule has 0 saturated carbocycles. The van der Waals surface area contributed by atoms with Crippen molar-refractivity contribution in [2.45, 2.75) is 19.2 Å². The lowest BCUT2D eigenvalue weighted by Crippen LogP contribution is -2.40. The molecule has 0 aliphatic carbocycles. The zero-order chi connectivity index (χ0) is 18.6. The molecule has 0 aliphatic rings. The number of amides is 1. The Balaban J connectivity index is 2.08. The molecule has 0 heterocycles. The second-order valence-electron chi connectivity index (χ2n) is 4.99. The van der Waals surface area contributed by atoms with Crippen molar-refractivity contribution in [3.05, 3.63) is 53.1 Å². The van der Waals surface area contributed by atoms with Gasteiger partial charge in [-0.1, -0.05) is 11.6 Å². The summed E-state index contributed by atoms with van der Waals surface area (Å²) >= 11 is 5.83. The highest BCUT2D eigenvalue weighted by Crippen LogP contribution is 2.36. The predicted molar refractivity (Wildman–Crippen MR) is 85.4 cm³/mol. The number of rotatable bonds is 5. The van der Waals surface area contributed by atoms with Crippen LogP contribution in [0.5, 0.6) is 17.2 Å². The van der Waals surface area contributed by atoms with Gasteiger partial charge in [0, 0.05) is 0 Å². The molecular weight excluding hydrogens is 361 g/mol. The van der Waals surface area contributed by atoms with Crippen molar-refractivity contribution in [1.82, 2.24) is 5.43 Å². The summed E-state index contributed by atoms with van der Waals surface area (Å²) in [4.78, 5) is 11.3. The molecule has 25 heavy (non-hydrogen) atoms. The summed E-state index contributed by atoms with van der Waals surface area (Å²) in [6, 6.07) is 8.94. The van der Waals surface area contributed by atoms with E-state index >= 15 is 0 Å². The predicted octanol–water partition coefficient (Wildman–Crippen LogP) is 3.91. The molecule has 0 aliphatic heterocycles. The fraction of sp³-hybridized carbons (Fsp3) is 0.188. The first kappa shape index (κ1) is 18.9. The maximum absolute atomic E-state index is 12.6. The Labute approximate surface area is 146 Å². The minimum atomic E-state index is -4.48. The minimum absolute atomic E-state index is 0.0826. The molecule has 3 N–H and O–H groups in total. The number of benzene rings is 2. The Hall–Kier alpha value is -2.45. The van der Waals surface area contributed by atoms with Crippen molar-refractivity contribution >= 4 is 17.5 Å². The van der Waals surface area contributed by atoms with Crippen LogP contribution in [0.25, 0.3) is 0 Å². The molecule has 2 aromatic carbocycles. The van der Waals surface area contributed by atoms with Crippen LogP contribution in [0, 0.1) is 0 Å². The monoisotopic (exact) mass is 374 g/mol. The van der Waals surface area contributed by atoms with E-state index in [1.165, 1.54) is 31.2 Å². The van der Waals surface area contributed by atoms with Gasteiger partial charge in [-0.25, -0.2) is 5.84 Å². The molecule has 1 unspecified atom stereocenters. The van der Waals surface area contributed by atoms with E-state index in [0.717, 1.165) is 18.2 Å². The average Bonchev–Trinajstić information content (AvgIpc) is 2.56. The molecule has 9 heteroatoms. The number of ether oxygens (including phenoxy) is 2. The van der Waals surface area contributed by atoms with Gasteiger partial charge in [0.1, 0.15) is 17.2 Å². The fourth-order valence-corrected chi connectivity index (χ4v) is 2.07. The molecule has 2 rings (SSSR count). The fourth-order valence-electron chi connectivity index (χ4n) is 1.85. The van der Waals surface area contributed by atoms with E-state index < -0.39 is 23.8 Å². The van der Waals surface area contributed by atoms with Crippen LogP contribution in [0.1, 0.15) is 12.5 Å². The van der Waals surface area contributed by atoms with Gasteiger partial charge in [0.25, 0.3) is 5.91 Å². The van der Waals surface area contributed by atoms with Gasteiger partial charge in [0.15, 0.2) is 6.10 Å². The van der Waals surface area contributed by atoms with Gasteiger partial charge in [-0.3, -0.25) is 10.2 Å². The average molecular weight is 375 g/mol. The van der Waals surface area contributed by atoms with Crippen molar-refractivity contribution in [3.63, 3.8) is 0 Å². The van der Waals surface area contributed by atoms with E-state index in [2.05, 4.69) is 0 Å². The number of carbonyl (C=O) groups is 1. The molecule has 5 nitrogen and oxygen atoms in total. The second kappa shape index (κ2) is 7.62. The van der Waals surface area contributed by atoms with Gasteiger partial charge in [-0.2, -0.15) is 13.2 Å². The van der Waals surface area contributed by atoms with Crippen LogP contribution in [0.4, 0.5) is 13.2 Å². The Morgan fingerprint density at radius 2 is 1.76 bits per heavy atom. The highest BCUT2D eigenvalue weighted by molar-refractivity contribution is 6.32. The van der Waals surface area contributed by atoms with Crippen molar-refractivity contribution < 1.29 is 27.4 Å². The normalized spacial score (nSPS) is 12.4. The van der Waals surface area contributed by atoms with E-state index in [4.69, 9.17) is 26.9 Å². The molecular formula is C16H14ClF3N2O3. The summed E-state index contributed by atoms with van der Waals surface area (Å²) in [5.41, 5.74) is 1.11. The highest BCUT2D eigenvalue weighted by Gasteiger charge is 2.31. The van der Waals surface area contributed by atoms with E-state index in [9.17, 15) is 18.0 Å². The molecule has 0 radical (unpaired) electrons. The number of hydrazine groups is 1. The smallest absolute Gasteiger partial charge is 0.416 e. The van der Waals surface area contributed by atoms with Gasteiger partial charge in [-0.05, 0) is 49.4 Å². The van der Waals surface area contributed by atoms with Crippen LogP contribution in [-0.2, 0) is 11.0 Å². The number of hydrogen-bond acceptors (Lipinski definition) is 4. The van der Waals surface area contributed by atoms with Gasteiger partial charge in [0.05, 0.1) is 10.6 Å². The third-order valence-electron chi connectivity index (χ3n) is 3.14. The van der Waals surface area contributed by atoms with Crippen LogP contribution >= 0.6 is 11.6 Å². The van der Waals surface area contributed by atoms with E-state index in [1.54, 1.807) is 0 Å². The van der Waals surface area contributed by atoms with Crippen LogP contribution < -0.4 is 20.7 Å². The first-order chi connectivity index (χ1) is 11.7. The lowest BCUT2D eigenvalue weighted by molar-refractivity contribution is -0.137. The van der Waals surface area contributed by atoms with E-state index in [-0.39, 0.29) is 10.8 Å². The van der Waals surface area contributed by atoms with Gasteiger partial charge in [-0.15, -0.1) is 0 Å². The maximum atomic E-state index is 12.6. The molecule has 2 aromatic rings. The summed E-state index contributed by atoms with van der Waals surface area (Å²) in [5.74, 6) is 5.33. The number of carbonyl (C=O) groups excluding carboxylic acids is 1. The zero-order valence-corrected chi connectivity index (χ0v) is 13.7. The van der Waals surface area contributed by atoms with Crippen molar-refractivity contribution in [2.24, 2.45) is 5.84 Å². The third-order valence-corrected chi connectivity index (χ3v) is 3.43. The van der Waals surface area contributed by atoms with E-state index in [1.807, 2.05) is 5.43 Å². The lowest BCUT2D eigenvalue weighted by atomic mass is 10.2. The Morgan fingerprint density at radius 1 is 1.16 bits per heavy atom. The number of nitrogens with one attached hydrogen (secondary N) is 1. The largest absolute Gasteiger partial charge is 0.481 e. The van der Waals surface area contributed by atoms with Gasteiger partial charge >= 0.3 is 6.18 Å². The summed E-state index contributed by atoms with van der Waals surface area (Å²) in [6.07, 6.45) is -5.27. The number of hydrogen-bond donors (Lipinski definition) is 2. The first-order valence-electron chi connectivity index (χ1n) is 7.02. The van der Waals surface area contributed by atoms with Gasteiger partial charge < -0.3 is 9.47 Å². The zero-order valence-electron chi connectivity index (χ0n) is 12.9. The van der Waals surface area contributed by atoms with E-state index in [0.29, 0.717) is 11.5 Å². The van der Waals surface area contributed by atoms with Crippen molar-refractivity contribution in [1.29, 1.82) is 0 Å². The minimum Gasteiger partial charge on any atom is -0.481 e. The highest BCUT2D eigenvalue weighted by atomic mass is 35.5. The van der Waals surface area contributed by atoms with Gasteiger partial charge in [0.2, 0.25) is 0 Å². The maximum Gasteiger partial charge on any atom is 0.416 e. The molecule has 1 amide bonds. The van der Waals surface area contributed by atoms with Crippen LogP contribution in [0.3, 0.4) is 0 Å². The molecule has 134 valence electrons. The van der Waals surface area contributed by atoms with Crippen molar-refractivity contribution in [2.75, 3.05) is 0 Å².